The Morgan fingerprint density at radius 3 is 2.63 bits per heavy atom. The van der Waals surface area contributed by atoms with Crippen molar-refractivity contribution in [3.8, 4) is 0 Å². The molecule has 4 N–H and O–H groups in total. The fourth-order valence-corrected chi connectivity index (χ4v) is 3.35. The van der Waals surface area contributed by atoms with Crippen LogP contribution in [0, 0.1) is 5.92 Å². The van der Waals surface area contributed by atoms with Crippen LogP contribution < -0.4 is 16.4 Å². The van der Waals surface area contributed by atoms with Gasteiger partial charge in [0.2, 0.25) is 0 Å². The van der Waals surface area contributed by atoms with E-state index in [9.17, 15) is 9.59 Å². The molecule has 0 saturated carbocycles. The fourth-order valence-electron chi connectivity index (χ4n) is 2.26. The summed E-state index contributed by atoms with van der Waals surface area (Å²) >= 11 is 1.16. The molecule has 1 aliphatic heterocycles. The average Bonchev–Trinajstić information content (AvgIpc) is 2.92. The SMILES string of the molecule is COC(=O)c1c(N2CCC(C)C2)sc(C(N)=O)c1N. The smallest absolute Gasteiger partial charge is 0.343 e. The number of hydrogen-bond donors (Lipinski definition) is 2. The van der Waals surface area contributed by atoms with Crippen LogP contribution in [0.1, 0.15) is 33.4 Å². The van der Waals surface area contributed by atoms with Crippen LogP contribution in [0.15, 0.2) is 0 Å². The number of carbonyl (C=O) groups is 2. The number of nitrogens with zero attached hydrogens (tertiary/aromatic N) is 1. The van der Waals surface area contributed by atoms with E-state index in [1.54, 1.807) is 0 Å². The molecule has 0 radical (unpaired) electrons. The van der Waals surface area contributed by atoms with Crippen LogP contribution in [-0.2, 0) is 4.74 Å². The summed E-state index contributed by atoms with van der Waals surface area (Å²) in [5.74, 6) is -0.604. The minimum Gasteiger partial charge on any atom is -0.465 e. The van der Waals surface area contributed by atoms with Crippen LogP contribution in [0.3, 0.4) is 0 Å². The first-order chi connectivity index (χ1) is 8.95. The molecule has 0 spiro atoms. The van der Waals surface area contributed by atoms with E-state index in [0.29, 0.717) is 10.9 Å². The fraction of sp³-hybridized carbons (Fsp3) is 0.500. The molecular weight excluding hydrogens is 266 g/mol. The number of ether oxygens (including phenoxy) is 1. The lowest BCUT2D eigenvalue weighted by Crippen LogP contribution is -2.20. The summed E-state index contributed by atoms with van der Waals surface area (Å²) in [5.41, 5.74) is 11.5. The van der Waals surface area contributed by atoms with Gasteiger partial charge in [0.15, 0.2) is 0 Å². The van der Waals surface area contributed by atoms with Crippen molar-refractivity contribution in [3.63, 3.8) is 0 Å². The summed E-state index contributed by atoms with van der Waals surface area (Å²) in [6, 6.07) is 0. The average molecular weight is 283 g/mol. The standard InChI is InChI=1S/C12H17N3O3S/c1-6-3-4-15(5-6)11-7(12(17)18-2)8(13)9(19-11)10(14)16/h6H,3-5,13H2,1-2H3,(H2,14,16). The third-order valence-electron chi connectivity index (χ3n) is 3.25. The quantitative estimate of drug-likeness (QED) is 0.808. The lowest BCUT2D eigenvalue weighted by Gasteiger charge is -2.17. The zero-order valence-corrected chi connectivity index (χ0v) is 11.8. The van der Waals surface area contributed by atoms with Crippen molar-refractivity contribution < 1.29 is 14.3 Å². The molecule has 104 valence electrons. The lowest BCUT2D eigenvalue weighted by atomic mass is 10.2. The predicted octanol–water partition coefficient (Wildman–Crippen LogP) is 1.06. The van der Waals surface area contributed by atoms with E-state index >= 15 is 0 Å². The maximum absolute atomic E-state index is 11.9. The Bertz CT molecular complexity index is 527. The van der Waals surface area contributed by atoms with Gasteiger partial charge < -0.3 is 21.1 Å². The molecule has 1 fully saturated rings. The first kappa shape index (κ1) is 13.7. The van der Waals surface area contributed by atoms with Crippen LogP contribution in [-0.4, -0.2) is 32.1 Å². The zero-order chi connectivity index (χ0) is 14.2. The van der Waals surface area contributed by atoms with Crippen molar-refractivity contribution >= 4 is 33.9 Å². The second kappa shape index (κ2) is 5.08. The second-order valence-corrected chi connectivity index (χ2v) is 5.72. The molecule has 1 aromatic heterocycles. The number of hydrogen-bond acceptors (Lipinski definition) is 6. The molecule has 2 heterocycles. The Hall–Kier alpha value is -1.76. The number of primary amides is 1. The van der Waals surface area contributed by atoms with Gasteiger partial charge in [-0.25, -0.2) is 4.79 Å². The monoisotopic (exact) mass is 283 g/mol. The Labute approximate surface area is 115 Å². The Balaban J connectivity index is 2.49. The molecule has 0 aromatic carbocycles. The third kappa shape index (κ3) is 2.37. The molecule has 19 heavy (non-hydrogen) atoms. The number of carbonyl (C=O) groups excluding carboxylic acids is 2. The number of amides is 1. The molecule has 1 atom stereocenters. The van der Waals surface area contributed by atoms with Crippen LogP contribution in [0.4, 0.5) is 10.7 Å². The summed E-state index contributed by atoms with van der Waals surface area (Å²) in [4.78, 5) is 25.5. The van der Waals surface area contributed by atoms with Gasteiger partial charge in [0.05, 0.1) is 12.8 Å². The minimum atomic E-state index is -0.619. The van der Waals surface area contributed by atoms with E-state index in [1.165, 1.54) is 7.11 Å². The van der Waals surface area contributed by atoms with Gasteiger partial charge in [-0.1, -0.05) is 6.92 Å². The summed E-state index contributed by atoms with van der Waals surface area (Å²) in [7, 11) is 1.29. The summed E-state index contributed by atoms with van der Waals surface area (Å²) in [6.45, 7) is 3.81. The normalized spacial score (nSPS) is 18.6. The largest absolute Gasteiger partial charge is 0.465 e. The van der Waals surface area contributed by atoms with Crippen molar-refractivity contribution in [2.75, 3.05) is 30.8 Å². The molecular formula is C12H17N3O3S. The summed E-state index contributed by atoms with van der Waals surface area (Å²) in [6.07, 6.45) is 1.05. The van der Waals surface area contributed by atoms with Crippen LogP contribution in [0.5, 0.6) is 0 Å². The molecule has 7 heteroatoms. The van der Waals surface area contributed by atoms with Crippen molar-refractivity contribution in [1.29, 1.82) is 0 Å². The number of anilines is 2. The molecule has 2 rings (SSSR count). The van der Waals surface area contributed by atoms with Gasteiger partial charge in [0.1, 0.15) is 15.4 Å². The van der Waals surface area contributed by atoms with Gasteiger partial charge in [-0.05, 0) is 12.3 Å². The summed E-state index contributed by atoms with van der Waals surface area (Å²) < 4.78 is 4.75. The maximum atomic E-state index is 11.9. The van der Waals surface area contributed by atoms with Crippen molar-refractivity contribution in [2.45, 2.75) is 13.3 Å². The molecule has 1 aliphatic rings. The highest BCUT2D eigenvalue weighted by Crippen LogP contribution is 2.40. The van der Waals surface area contributed by atoms with E-state index < -0.39 is 11.9 Å². The van der Waals surface area contributed by atoms with Gasteiger partial charge in [-0.2, -0.15) is 0 Å². The number of nitrogens with two attached hydrogens (primary N) is 2. The van der Waals surface area contributed by atoms with E-state index in [4.69, 9.17) is 16.2 Å². The second-order valence-electron chi connectivity index (χ2n) is 4.72. The van der Waals surface area contributed by atoms with E-state index in [2.05, 4.69) is 11.8 Å². The summed E-state index contributed by atoms with van der Waals surface area (Å²) in [5, 5.41) is 0.683. The highest BCUT2D eigenvalue weighted by atomic mass is 32.1. The third-order valence-corrected chi connectivity index (χ3v) is 4.53. The molecule has 1 aromatic rings. The Morgan fingerprint density at radius 2 is 2.16 bits per heavy atom. The highest BCUT2D eigenvalue weighted by molar-refractivity contribution is 7.19. The number of nitrogen functional groups attached to an aromatic ring is 1. The lowest BCUT2D eigenvalue weighted by molar-refractivity contribution is 0.0603. The first-order valence-electron chi connectivity index (χ1n) is 6.01. The van der Waals surface area contributed by atoms with E-state index in [0.717, 1.165) is 30.8 Å². The highest BCUT2D eigenvalue weighted by Gasteiger charge is 2.30. The molecule has 1 unspecified atom stereocenters. The van der Waals surface area contributed by atoms with Gasteiger partial charge in [0.25, 0.3) is 5.91 Å². The molecule has 1 amide bonds. The van der Waals surface area contributed by atoms with Gasteiger partial charge in [0, 0.05) is 13.1 Å². The minimum absolute atomic E-state index is 0.124. The van der Waals surface area contributed by atoms with Crippen LogP contribution in [0.25, 0.3) is 0 Å². The number of esters is 1. The zero-order valence-electron chi connectivity index (χ0n) is 10.9. The number of methoxy groups -OCH3 is 1. The number of rotatable bonds is 3. The first-order valence-corrected chi connectivity index (χ1v) is 6.82. The molecule has 0 bridgehead atoms. The van der Waals surface area contributed by atoms with Crippen molar-refractivity contribution in [1.82, 2.24) is 0 Å². The molecule has 6 nitrogen and oxygen atoms in total. The Kier molecular flexibility index (Phi) is 3.66. The van der Waals surface area contributed by atoms with Crippen molar-refractivity contribution in [2.24, 2.45) is 11.7 Å². The Morgan fingerprint density at radius 1 is 1.47 bits per heavy atom. The van der Waals surface area contributed by atoms with E-state index in [-0.39, 0.29) is 16.1 Å². The van der Waals surface area contributed by atoms with Gasteiger partial charge in [-0.15, -0.1) is 11.3 Å². The maximum Gasteiger partial charge on any atom is 0.343 e. The predicted molar refractivity (Wildman–Crippen MR) is 74.6 cm³/mol. The topological polar surface area (TPSA) is 98.6 Å². The van der Waals surface area contributed by atoms with Crippen LogP contribution in [0.2, 0.25) is 0 Å². The molecule has 1 saturated heterocycles. The van der Waals surface area contributed by atoms with Gasteiger partial charge >= 0.3 is 5.97 Å². The van der Waals surface area contributed by atoms with E-state index in [1.807, 2.05) is 0 Å². The number of thiophene rings is 1. The van der Waals surface area contributed by atoms with Gasteiger partial charge in [-0.3, -0.25) is 4.79 Å². The van der Waals surface area contributed by atoms with Crippen molar-refractivity contribution in [3.05, 3.63) is 10.4 Å². The van der Waals surface area contributed by atoms with Crippen LogP contribution >= 0.6 is 11.3 Å². The molecule has 0 aliphatic carbocycles.